The number of carbonyl (C=O) groups excluding carboxylic acids is 2. The first kappa shape index (κ1) is 25.4. The van der Waals surface area contributed by atoms with Gasteiger partial charge in [-0.15, -0.1) is 13.2 Å². The van der Waals surface area contributed by atoms with E-state index in [1.165, 1.54) is 12.1 Å². The molecular weight excluding hydrogens is 485 g/mol. The summed E-state index contributed by atoms with van der Waals surface area (Å²) < 4.78 is 41.2. The smallest absolute Gasteiger partial charge is 0.406 e. The number of halogens is 3. The fourth-order valence-corrected chi connectivity index (χ4v) is 5.46. The van der Waals surface area contributed by atoms with Gasteiger partial charge in [0.2, 0.25) is 5.91 Å². The van der Waals surface area contributed by atoms with Crippen molar-refractivity contribution >= 4 is 17.5 Å². The van der Waals surface area contributed by atoms with E-state index in [1.54, 1.807) is 17.0 Å². The Labute approximate surface area is 214 Å². The van der Waals surface area contributed by atoms with Crippen molar-refractivity contribution in [2.75, 3.05) is 50.7 Å². The highest BCUT2D eigenvalue weighted by Gasteiger charge is 2.32. The molecule has 0 saturated carbocycles. The molecule has 3 heterocycles. The van der Waals surface area contributed by atoms with Crippen LogP contribution in [0.15, 0.2) is 36.4 Å². The predicted octanol–water partition coefficient (Wildman–Crippen LogP) is 3.79. The molecule has 37 heavy (non-hydrogen) atoms. The van der Waals surface area contributed by atoms with Crippen LogP contribution in [-0.2, 0) is 17.9 Å². The van der Waals surface area contributed by atoms with E-state index in [4.69, 9.17) is 0 Å². The number of piperazine rings is 1. The van der Waals surface area contributed by atoms with Gasteiger partial charge in [-0.25, -0.2) is 0 Å². The van der Waals surface area contributed by atoms with Crippen LogP contribution in [0.4, 0.5) is 18.9 Å². The first-order valence-corrected chi connectivity index (χ1v) is 12.7. The lowest BCUT2D eigenvalue weighted by Gasteiger charge is -2.36. The van der Waals surface area contributed by atoms with E-state index in [-0.39, 0.29) is 17.6 Å². The van der Waals surface area contributed by atoms with E-state index in [0.717, 1.165) is 74.5 Å². The Balaban J connectivity index is 1.19. The molecule has 0 radical (unpaired) electrons. The van der Waals surface area contributed by atoms with Gasteiger partial charge < -0.3 is 19.4 Å². The number of anilines is 1. The molecule has 0 bridgehead atoms. The van der Waals surface area contributed by atoms with Crippen molar-refractivity contribution in [2.45, 2.75) is 39.2 Å². The fourth-order valence-electron chi connectivity index (χ4n) is 5.46. The Morgan fingerprint density at radius 2 is 1.65 bits per heavy atom. The SMILES string of the molecule is Cc1cc(N2CCN(CC(=O)N3CCCC3)CC2)cc2c1C(=O)N(Cc1ccc(OC(F)(F)F)cc1)C2. The number of ether oxygens (including phenoxy) is 1. The first-order valence-electron chi connectivity index (χ1n) is 12.7. The Kier molecular flexibility index (Phi) is 7.02. The van der Waals surface area contributed by atoms with Crippen LogP contribution < -0.4 is 9.64 Å². The van der Waals surface area contributed by atoms with Crippen molar-refractivity contribution in [3.05, 3.63) is 58.7 Å². The lowest BCUT2D eigenvalue weighted by molar-refractivity contribution is -0.274. The normalized spacial score (nSPS) is 18.5. The van der Waals surface area contributed by atoms with Gasteiger partial charge in [-0.05, 0) is 60.7 Å². The number of alkyl halides is 3. The minimum Gasteiger partial charge on any atom is -0.406 e. The van der Waals surface area contributed by atoms with Crippen molar-refractivity contribution < 1.29 is 27.5 Å². The van der Waals surface area contributed by atoms with Gasteiger partial charge in [0.1, 0.15) is 5.75 Å². The monoisotopic (exact) mass is 516 g/mol. The number of carbonyl (C=O) groups is 2. The average molecular weight is 517 g/mol. The van der Waals surface area contributed by atoms with Crippen molar-refractivity contribution in [3.8, 4) is 5.75 Å². The lowest BCUT2D eigenvalue weighted by atomic mass is 10.0. The number of likely N-dealkylation sites (tertiary alicyclic amines) is 1. The van der Waals surface area contributed by atoms with Crippen LogP contribution in [0.25, 0.3) is 0 Å². The number of nitrogens with zero attached hydrogens (tertiary/aromatic N) is 4. The van der Waals surface area contributed by atoms with Crippen LogP contribution in [0.5, 0.6) is 5.75 Å². The van der Waals surface area contributed by atoms with E-state index in [2.05, 4.69) is 26.7 Å². The maximum atomic E-state index is 13.1. The molecule has 0 unspecified atom stereocenters. The van der Waals surface area contributed by atoms with E-state index < -0.39 is 6.36 Å². The summed E-state index contributed by atoms with van der Waals surface area (Å²) in [4.78, 5) is 33.8. The summed E-state index contributed by atoms with van der Waals surface area (Å²) in [6, 6.07) is 9.74. The maximum Gasteiger partial charge on any atom is 0.573 e. The minimum atomic E-state index is -4.74. The Hall–Kier alpha value is -3.27. The third-order valence-corrected chi connectivity index (χ3v) is 7.35. The molecule has 10 heteroatoms. The number of fused-ring (bicyclic) bond motifs is 1. The molecule has 2 fully saturated rings. The van der Waals surface area contributed by atoms with Gasteiger partial charge in [0, 0.05) is 63.6 Å². The molecule has 2 amide bonds. The molecule has 0 atom stereocenters. The van der Waals surface area contributed by atoms with E-state index in [1.807, 2.05) is 11.8 Å². The molecule has 3 aliphatic rings. The standard InChI is InChI=1S/C27H31F3N4O3/c1-19-14-22(32-12-10-31(11-13-32)18-24(35)33-8-2-3-9-33)15-21-17-34(26(36)25(19)21)16-20-4-6-23(7-5-20)37-27(28,29)30/h4-7,14-15H,2-3,8-13,16-18H2,1H3. The van der Waals surface area contributed by atoms with Crippen LogP contribution in [0.1, 0.15) is 39.9 Å². The molecule has 0 N–H and O–H groups in total. The minimum absolute atomic E-state index is 0.0695. The number of rotatable bonds is 6. The van der Waals surface area contributed by atoms with Gasteiger partial charge in [-0.1, -0.05) is 12.1 Å². The largest absolute Gasteiger partial charge is 0.573 e. The lowest BCUT2D eigenvalue weighted by Crippen LogP contribution is -2.49. The number of aryl methyl sites for hydroxylation is 1. The summed E-state index contributed by atoms with van der Waals surface area (Å²) in [5.74, 6) is -0.131. The van der Waals surface area contributed by atoms with E-state index >= 15 is 0 Å². The molecule has 3 aliphatic heterocycles. The predicted molar refractivity (Wildman–Crippen MR) is 132 cm³/mol. The second-order valence-electron chi connectivity index (χ2n) is 10.0. The highest BCUT2D eigenvalue weighted by Crippen LogP contribution is 2.32. The number of benzene rings is 2. The molecular formula is C27H31F3N4O3. The van der Waals surface area contributed by atoms with Crippen molar-refractivity contribution in [3.63, 3.8) is 0 Å². The molecule has 2 aromatic carbocycles. The third kappa shape index (κ3) is 5.84. The van der Waals surface area contributed by atoms with Gasteiger partial charge in [0.25, 0.3) is 5.91 Å². The molecule has 2 aromatic rings. The molecule has 7 nitrogen and oxygen atoms in total. The van der Waals surface area contributed by atoms with Crippen LogP contribution in [0.3, 0.4) is 0 Å². The first-order chi connectivity index (χ1) is 17.7. The molecule has 0 aliphatic carbocycles. The third-order valence-electron chi connectivity index (χ3n) is 7.35. The number of amides is 2. The van der Waals surface area contributed by atoms with Crippen molar-refractivity contribution in [2.24, 2.45) is 0 Å². The zero-order valence-corrected chi connectivity index (χ0v) is 20.9. The molecule has 0 spiro atoms. The fraction of sp³-hybridized carbons (Fsp3) is 0.481. The average Bonchev–Trinajstić information content (AvgIpc) is 3.49. The highest BCUT2D eigenvalue weighted by atomic mass is 19.4. The second kappa shape index (κ2) is 10.2. The zero-order chi connectivity index (χ0) is 26.2. The van der Waals surface area contributed by atoms with Crippen LogP contribution in [0, 0.1) is 6.92 Å². The zero-order valence-electron chi connectivity index (χ0n) is 20.9. The van der Waals surface area contributed by atoms with Crippen LogP contribution in [-0.4, -0.2) is 78.7 Å². The number of hydrogen-bond acceptors (Lipinski definition) is 5. The molecule has 198 valence electrons. The summed E-state index contributed by atoms with van der Waals surface area (Å²) in [5, 5.41) is 0. The summed E-state index contributed by atoms with van der Waals surface area (Å²) in [6.45, 7) is 8.18. The molecule has 2 saturated heterocycles. The quantitative estimate of drug-likeness (QED) is 0.585. The summed E-state index contributed by atoms with van der Waals surface area (Å²) >= 11 is 0. The van der Waals surface area contributed by atoms with Gasteiger partial charge in [0.15, 0.2) is 0 Å². The summed E-state index contributed by atoms with van der Waals surface area (Å²) in [5.41, 5.74) is 4.39. The van der Waals surface area contributed by atoms with E-state index in [9.17, 15) is 22.8 Å². The Bertz CT molecular complexity index is 1150. The van der Waals surface area contributed by atoms with Gasteiger partial charge in [-0.3, -0.25) is 14.5 Å². The second-order valence-corrected chi connectivity index (χ2v) is 10.0. The molecule has 0 aromatic heterocycles. The maximum absolute atomic E-state index is 13.1. The van der Waals surface area contributed by atoms with Crippen molar-refractivity contribution in [1.82, 2.24) is 14.7 Å². The number of hydrogen-bond donors (Lipinski definition) is 0. The Morgan fingerprint density at radius 3 is 2.30 bits per heavy atom. The summed E-state index contributed by atoms with van der Waals surface area (Å²) in [6.07, 6.45) is -2.54. The topological polar surface area (TPSA) is 56.3 Å². The molecule has 5 rings (SSSR count). The highest BCUT2D eigenvalue weighted by molar-refractivity contribution is 6.00. The van der Waals surface area contributed by atoms with Gasteiger partial charge in [0.05, 0.1) is 6.54 Å². The van der Waals surface area contributed by atoms with Gasteiger partial charge >= 0.3 is 6.36 Å². The Morgan fingerprint density at radius 1 is 0.973 bits per heavy atom. The summed E-state index contributed by atoms with van der Waals surface area (Å²) in [7, 11) is 0. The van der Waals surface area contributed by atoms with Crippen LogP contribution >= 0.6 is 0 Å². The van der Waals surface area contributed by atoms with Crippen LogP contribution in [0.2, 0.25) is 0 Å². The van der Waals surface area contributed by atoms with E-state index in [0.29, 0.717) is 25.2 Å². The van der Waals surface area contributed by atoms with Gasteiger partial charge in [-0.2, -0.15) is 0 Å². The van der Waals surface area contributed by atoms with Crippen molar-refractivity contribution in [1.29, 1.82) is 0 Å².